The highest BCUT2D eigenvalue weighted by Gasteiger charge is 2.18. The van der Waals surface area contributed by atoms with Crippen molar-refractivity contribution in [3.63, 3.8) is 0 Å². The summed E-state index contributed by atoms with van der Waals surface area (Å²) in [5.74, 6) is 2.64. The first-order valence-electron chi connectivity index (χ1n) is 10.8. The Hall–Kier alpha value is -3.78. The second kappa shape index (κ2) is 7.67. The van der Waals surface area contributed by atoms with Crippen molar-refractivity contribution in [2.45, 2.75) is 33.8 Å². The molecule has 0 amide bonds. The minimum Gasteiger partial charge on any atom is -0.486 e. The van der Waals surface area contributed by atoms with Gasteiger partial charge in [-0.25, -0.2) is 19.5 Å². The molecule has 0 unspecified atom stereocenters. The zero-order chi connectivity index (χ0) is 22.5. The Balaban J connectivity index is 1.32. The number of aryl methyl sites for hydroxylation is 3. The summed E-state index contributed by atoms with van der Waals surface area (Å²) in [6.45, 7) is 6.57. The Morgan fingerprint density at radius 2 is 1.91 bits per heavy atom. The van der Waals surface area contributed by atoms with E-state index in [0.717, 1.165) is 43.9 Å². The molecule has 0 aliphatic heterocycles. The standard InChI is InChI=1S/C25H21N5O2S/c1-4-16-5-7-17(8-6-16)31-12-18-9-10-19(32-18)23-28-24-22-21(26-13-30(24)29-23)20-14(2)11-15(3)27-25(20)33-22/h5-11,13H,4,12H2,1-3H3. The van der Waals surface area contributed by atoms with E-state index in [9.17, 15) is 0 Å². The molecule has 164 valence electrons. The lowest BCUT2D eigenvalue weighted by Gasteiger charge is -2.04. The molecule has 33 heavy (non-hydrogen) atoms. The van der Waals surface area contributed by atoms with Crippen LogP contribution in [0.25, 0.3) is 37.7 Å². The van der Waals surface area contributed by atoms with Crippen molar-refractivity contribution < 1.29 is 9.15 Å². The second-order valence-electron chi connectivity index (χ2n) is 8.04. The number of fused-ring (bicyclic) bond motifs is 5. The molecule has 0 atom stereocenters. The lowest BCUT2D eigenvalue weighted by molar-refractivity contribution is 0.271. The number of aromatic nitrogens is 5. The van der Waals surface area contributed by atoms with Crippen LogP contribution >= 0.6 is 11.3 Å². The molecule has 6 rings (SSSR count). The van der Waals surface area contributed by atoms with Crippen LogP contribution in [0.3, 0.4) is 0 Å². The lowest BCUT2D eigenvalue weighted by atomic mass is 10.1. The Morgan fingerprint density at radius 3 is 2.73 bits per heavy atom. The van der Waals surface area contributed by atoms with Gasteiger partial charge in [-0.1, -0.05) is 19.1 Å². The first kappa shape index (κ1) is 19.9. The number of pyridine rings is 1. The Labute approximate surface area is 193 Å². The number of hydrogen-bond acceptors (Lipinski definition) is 7. The molecule has 0 aliphatic carbocycles. The third-order valence-electron chi connectivity index (χ3n) is 5.69. The maximum Gasteiger partial charge on any atom is 0.218 e. The van der Waals surface area contributed by atoms with Gasteiger partial charge in [-0.2, -0.15) is 0 Å². The van der Waals surface area contributed by atoms with Gasteiger partial charge in [0.2, 0.25) is 5.82 Å². The molecule has 6 aromatic rings. The molecule has 8 heteroatoms. The van der Waals surface area contributed by atoms with Crippen molar-refractivity contribution in [1.29, 1.82) is 0 Å². The highest BCUT2D eigenvalue weighted by Crippen LogP contribution is 2.36. The zero-order valence-electron chi connectivity index (χ0n) is 18.5. The minimum atomic E-state index is 0.339. The van der Waals surface area contributed by atoms with Gasteiger partial charge in [-0.05, 0) is 61.7 Å². The van der Waals surface area contributed by atoms with Gasteiger partial charge >= 0.3 is 0 Å². The molecule has 0 fully saturated rings. The van der Waals surface area contributed by atoms with E-state index >= 15 is 0 Å². The first-order valence-corrected chi connectivity index (χ1v) is 11.6. The second-order valence-corrected chi connectivity index (χ2v) is 9.04. The number of rotatable bonds is 5. The van der Waals surface area contributed by atoms with E-state index in [1.54, 1.807) is 22.2 Å². The fourth-order valence-electron chi connectivity index (χ4n) is 4.02. The molecule has 0 radical (unpaired) electrons. The molecule has 0 saturated heterocycles. The topological polar surface area (TPSA) is 78.3 Å². The predicted molar refractivity (Wildman–Crippen MR) is 129 cm³/mol. The molecule has 7 nitrogen and oxygen atoms in total. The van der Waals surface area contributed by atoms with Crippen LogP contribution in [0.5, 0.6) is 5.75 Å². The predicted octanol–water partition coefficient (Wildman–Crippen LogP) is 5.91. The van der Waals surface area contributed by atoms with Crippen molar-refractivity contribution in [3.8, 4) is 17.3 Å². The van der Waals surface area contributed by atoms with Crippen LogP contribution in [0, 0.1) is 13.8 Å². The molecule has 0 aliphatic rings. The van der Waals surface area contributed by atoms with Gasteiger partial charge in [-0.15, -0.1) is 16.4 Å². The van der Waals surface area contributed by atoms with Crippen molar-refractivity contribution in [1.82, 2.24) is 24.6 Å². The van der Waals surface area contributed by atoms with E-state index in [2.05, 4.69) is 42.1 Å². The molecule has 5 aromatic heterocycles. The summed E-state index contributed by atoms with van der Waals surface area (Å²) in [6, 6.07) is 14.0. The monoisotopic (exact) mass is 455 g/mol. The molecule has 0 spiro atoms. The smallest absolute Gasteiger partial charge is 0.218 e. The Morgan fingerprint density at radius 1 is 1.06 bits per heavy atom. The van der Waals surface area contributed by atoms with Crippen LogP contribution in [0.15, 0.2) is 53.2 Å². The van der Waals surface area contributed by atoms with Gasteiger partial charge in [0.25, 0.3) is 0 Å². The van der Waals surface area contributed by atoms with Crippen LogP contribution in [0.2, 0.25) is 0 Å². The maximum atomic E-state index is 5.98. The van der Waals surface area contributed by atoms with E-state index in [1.165, 1.54) is 11.1 Å². The number of hydrogen-bond donors (Lipinski definition) is 0. The largest absolute Gasteiger partial charge is 0.486 e. The summed E-state index contributed by atoms with van der Waals surface area (Å²) in [5.41, 5.74) is 5.11. The highest BCUT2D eigenvalue weighted by atomic mass is 32.1. The Bertz CT molecular complexity index is 1630. The lowest BCUT2D eigenvalue weighted by Crippen LogP contribution is -1.93. The first-order chi connectivity index (χ1) is 16.1. The van der Waals surface area contributed by atoms with E-state index in [4.69, 9.17) is 19.1 Å². The van der Waals surface area contributed by atoms with Crippen molar-refractivity contribution in [3.05, 3.63) is 71.4 Å². The van der Waals surface area contributed by atoms with Gasteiger partial charge in [0, 0.05) is 11.1 Å². The summed E-state index contributed by atoms with van der Waals surface area (Å²) in [7, 11) is 0. The third kappa shape index (κ3) is 3.43. The Kier molecular flexibility index (Phi) is 4.62. The fourth-order valence-corrected chi connectivity index (χ4v) is 5.25. The summed E-state index contributed by atoms with van der Waals surface area (Å²) in [4.78, 5) is 15.1. The number of thiophene rings is 1. The zero-order valence-corrected chi connectivity index (χ0v) is 19.3. The molecule has 0 bridgehead atoms. The van der Waals surface area contributed by atoms with E-state index < -0.39 is 0 Å². The quantitative estimate of drug-likeness (QED) is 0.322. The van der Waals surface area contributed by atoms with Gasteiger partial charge in [0.1, 0.15) is 34.0 Å². The highest BCUT2D eigenvalue weighted by molar-refractivity contribution is 7.26. The van der Waals surface area contributed by atoms with E-state index in [0.29, 0.717) is 24.0 Å². The van der Waals surface area contributed by atoms with Crippen molar-refractivity contribution in [2.24, 2.45) is 0 Å². The van der Waals surface area contributed by atoms with Gasteiger partial charge < -0.3 is 9.15 Å². The maximum absolute atomic E-state index is 5.98. The summed E-state index contributed by atoms with van der Waals surface area (Å²) in [5, 5.41) is 5.67. The van der Waals surface area contributed by atoms with Crippen LogP contribution in [-0.4, -0.2) is 24.6 Å². The van der Waals surface area contributed by atoms with Crippen LogP contribution in [0.1, 0.15) is 29.5 Å². The molecular weight excluding hydrogens is 434 g/mol. The van der Waals surface area contributed by atoms with E-state index in [1.807, 2.05) is 31.2 Å². The number of benzene rings is 1. The van der Waals surface area contributed by atoms with Crippen LogP contribution < -0.4 is 4.74 Å². The van der Waals surface area contributed by atoms with Gasteiger partial charge in [-0.3, -0.25) is 0 Å². The normalized spacial score (nSPS) is 11.7. The molecule has 1 aromatic carbocycles. The average Bonchev–Trinajstić information content (AvgIpc) is 3.53. The minimum absolute atomic E-state index is 0.339. The SMILES string of the molecule is CCc1ccc(OCc2ccc(-c3nc4c5sc6nc(C)cc(C)c6c5ncn4n3)o2)cc1. The third-order valence-corrected chi connectivity index (χ3v) is 6.76. The average molecular weight is 456 g/mol. The fraction of sp³-hybridized carbons (Fsp3) is 0.200. The van der Waals surface area contributed by atoms with Gasteiger partial charge in [0.05, 0.1) is 5.52 Å². The van der Waals surface area contributed by atoms with Gasteiger partial charge in [0.15, 0.2) is 11.4 Å². The number of ether oxygens (including phenoxy) is 1. The van der Waals surface area contributed by atoms with Crippen molar-refractivity contribution >= 4 is 37.4 Å². The molecule has 0 N–H and O–H groups in total. The van der Waals surface area contributed by atoms with E-state index in [-0.39, 0.29) is 0 Å². The molecular formula is C25H21N5O2S. The summed E-state index contributed by atoms with van der Waals surface area (Å²) < 4.78 is 14.5. The van der Waals surface area contributed by atoms with Crippen molar-refractivity contribution in [2.75, 3.05) is 0 Å². The summed E-state index contributed by atoms with van der Waals surface area (Å²) >= 11 is 1.59. The van der Waals surface area contributed by atoms with Crippen LogP contribution in [0.4, 0.5) is 0 Å². The summed E-state index contributed by atoms with van der Waals surface area (Å²) in [6.07, 6.45) is 2.71. The van der Waals surface area contributed by atoms with Crippen LogP contribution in [-0.2, 0) is 13.0 Å². The number of nitrogens with zero attached hydrogens (tertiary/aromatic N) is 5. The molecule has 0 saturated carbocycles. The number of furan rings is 1. The molecule has 5 heterocycles.